The van der Waals surface area contributed by atoms with Crippen molar-refractivity contribution < 1.29 is 0 Å². The maximum Gasteiger partial charge on any atom is 0.163 e. The lowest BCUT2D eigenvalue weighted by Crippen LogP contribution is -2.42. The quantitative estimate of drug-likeness (QED) is 0.507. The predicted octanol–water partition coefficient (Wildman–Crippen LogP) is 4.49. The molecule has 3 aromatic heterocycles. The molecule has 150 valence electrons. The van der Waals surface area contributed by atoms with Gasteiger partial charge in [0.05, 0.1) is 17.8 Å². The second-order valence-electron chi connectivity index (χ2n) is 8.11. The molecule has 2 aliphatic rings. The summed E-state index contributed by atoms with van der Waals surface area (Å²) in [7, 11) is 0. The normalized spacial score (nSPS) is 18.6. The van der Waals surface area contributed by atoms with Crippen molar-refractivity contribution in [3.8, 4) is 17.1 Å². The summed E-state index contributed by atoms with van der Waals surface area (Å²) >= 11 is 0. The molecule has 4 heterocycles. The third-order valence-corrected chi connectivity index (χ3v) is 6.44. The Morgan fingerprint density at radius 2 is 1.93 bits per heavy atom. The molecule has 1 unspecified atom stereocenters. The van der Waals surface area contributed by atoms with Gasteiger partial charge in [0.1, 0.15) is 12.0 Å². The number of pyridine rings is 1. The van der Waals surface area contributed by atoms with E-state index in [-0.39, 0.29) is 6.04 Å². The standard InChI is InChI=1S/C23H23N7/c1-2-18-23-28-26-14-29(23)19-13-25-21(27-22(19)30(18)16-9-3-4-10-16)17-11-5-7-15-8-6-12-24-20(15)17/h5-8,11-14,16,18H,2-4,9-10H2,1H3. The molecule has 0 saturated heterocycles. The second-order valence-corrected chi connectivity index (χ2v) is 8.11. The van der Waals surface area contributed by atoms with Crippen LogP contribution in [0.15, 0.2) is 49.1 Å². The van der Waals surface area contributed by atoms with Crippen molar-refractivity contribution in [1.82, 2.24) is 29.7 Å². The highest BCUT2D eigenvalue weighted by Crippen LogP contribution is 2.43. The topological polar surface area (TPSA) is 72.6 Å². The number of fused-ring (bicyclic) bond motifs is 4. The van der Waals surface area contributed by atoms with Crippen LogP contribution in [-0.4, -0.2) is 35.8 Å². The molecule has 1 atom stereocenters. The first-order chi connectivity index (χ1) is 14.8. The fourth-order valence-electron chi connectivity index (χ4n) is 5.06. The molecule has 1 saturated carbocycles. The Labute approximate surface area is 174 Å². The lowest BCUT2D eigenvalue weighted by atomic mass is 10.0. The number of hydrogen-bond donors (Lipinski definition) is 0. The van der Waals surface area contributed by atoms with E-state index in [4.69, 9.17) is 9.97 Å². The monoisotopic (exact) mass is 397 g/mol. The van der Waals surface area contributed by atoms with Crippen molar-refractivity contribution in [3.63, 3.8) is 0 Å². The lowest BCUT2D eigenvalue weighted by molar-refractivity contribution is 0.469. The summed E-state index contributed by atoms with van der Waals surface area (Å²) in [6.07, 6.45) is 11.4. The molecule has 1 aliphatic heterocycles. The van der Waals surface area contributed by atoms with Gasteiger partial charge in [-0.25, -0.2) is 9.97 Å². The zero-order valence-corrected chi connectivity index (χ0v) is 16.9. The van der Waals surface area contributed by atoms with Crippen LogP contribution in [0.25, 0.3) is 28.0 Å². The summed E-state index contributed by atoms with van der Waals surface area (Å²) in [6, 6.07) is 10.9. The maximum absolute atomic E-state index is 5.13. The van der Waals surface area contributed by atoms with Crippen LogP contribution in [-0.2, 0) is 0 Å². The molecule has 0 amide bonds. The number of hydrogen-bond acceptors (Lipinski definition) is 6. The number of nitrogens with zero attached hydrogens (tertiary/aromatic N) is 7. The van der Waals surface area contributed by atoms with Crippen LogP contribution >= 0.6 is 0 Å². The number of aromatic nitrogens is 6. The Balaban J connectivity index is 1.57. The third kappa shape index (κ3) is 2.54. The Hall–Kier alpha value is -3.35. The molecule has 1 fully saturated rings. The van der Waals surface area contributed by atoms with E-state index >= 15 is 0 Å². The van der Waals surface area contributed by atoms with E-state index in [0.717, 1.165) is 40.2 Å². The van der Waals surface area contributed by atoms with Crippen LogP contribution in [0.1, 0.15) is 50.9 Å². The zero-order valence-electron chi connectivity index (χ0n) is 16.9. The van der Waals surface area contributed by atoms with Gasteiger partial charge < -0.3 is 4.90 Å². The van der Waals surface area contributed by atoms with Crippen LogP contribution in [0.2, 0.25) is 0 Å². The number of rotatable bonds is 3. The van der Waals surface area contributed by atoms with Gasteiger partial charge >= 0.3 is 0 Å². The summed E-state index contributed by atoms with van der Waals surface area (Å²) < 4.78 is 2.06. The van der Waals surface area contributed by atoms with E-state index < -0.39 is 0 Å². The van der Waals surface area contributed by atoms with E-state index in [1.807, 2.05) is 24.5 Å². The minimum atomic E-state index is 0.177. The second kappa shape index (κ2) is 6.86. The molecule has 30 heavy (non-hydrogen) atoms. The Kier molecular flexibility index (Phi) is 4.00. The van der Waals surface area contributed by atoms with E-state index in [1.54, 1.807) is 6.33 Å². The van der Waals surface area contributed by atoms with Gasteiger partial charge in [-0.3, -0.25) is 9.55 Å². The predicted molar refractivity (Wildman–Crippen MR) is 115 cm³/mol. The lowest BCUT2D eigenvalue weighted by Gasteiger charge is -2.40. The summed E-state index contributed by atoms with van der Waals surface area (Å²) in [6.45, 7) is 2.22. The zero-order chi connectivity index (χ0) is 20.1. The van der Waals surface area contributed by atoms with Crippen LogP contribution in [0.5, 0.6) is 0 Å². The Morgan fingerprint density at radius 3 is 2.80 bits per heavy atom. The molecule has 4 aromatic rings. The minimum absolute atomic E-state index is 0.177. The van der Waals surface area contributed by atoms with Gasteiger partial charge in [-0.2, -0.15) is 0 Å². The smallest absolute Gasteiger partial charge is 0.163 e. The van der Waals surface area contributed by atoms with Crippen LogP contribution in [0.4, 0.5) is 5.82 Å². The molecule has 0 bridgehead atoms. The molecule has 7 nitrogen and oxygen atoms in total. The van der Waals surface area contributed by atoms with Crippen LogP contribution in [0.3, 0.4) is 0 Å². The largest absolute Gasteiger partial charge is 0.342 e. The Bertz CT molecular complexity index is 1220. The first-order valence-corrected chi connectivity index (χ1v) is 10.7. The van der Waals surface area contributed by atoms with Gasteiger partial charge in [0, 0.05) is 23.2 Å². The van der Waals surface area contributed by atoms with Crippen LogP contribution in [0, 0.1) is 0 Å². The summed E-state index contributed by atoms with van der Waals surface area (Å²) in [5.41, 5.74) is 2.86. The first kappa shape index (κ1) is 17.5. The molecule has 0 spiro atoms. The molecule has 1 aromatic carbocycles. The van der Waals surface area contributed by atoms with E-state index in [0.29, 0.717) is 11.9 Å². The first-order valence-electron chi connectivity index (χ1n) is 10.7. The highest BCUT2D eigenvalue weighted by Gasteiger charge is 2.38. The highest BCUT2D eigenvalue weighted by atomic mass is 15.4. The fraction of sp³-hybridized carbons (Fsp3) is 0.348. The van der Waals surface area contributed by atoms with Gasteiger partial charge in [-0.05, 0) is 31.4 Å². The van der Waals surface area contributed by atoms with Gasteiger partial charge in [-0.15, -0.1) is 10.2 Å². The highest BCUT2D eigenvalue weighted by molar-refractivity contribution is 5.92. The van der Waals surface area contributed by atoms with Gasteiger partial charge in [0.25, 0.3) is 0 Å². The van der Waals surface area contributed by atoms with Crippen molar-refractivity contribution in [2.24, 2.45) is 0 Å². The summed E-state index contributed by atoms with van der Waals surface area (Å²) in [4.78, 5) is 17.0. The number of benzene rings is 1. The van der Waals surface area contributed by atoms with E-state index in [1.165, 1.54) is 25.7 Å². The van der Waals surface area contributed by atoms with Crippen molar-refractivity contribution in [3.05, 3.63) is 54.9 Å². The fourth-order valence-corrected chi connectivity index (χ4v) is 5.06. The van der Waals surface area contributed by atoms with Crippen molar-refractivity contribution in [2.45, 2.75) is 51.1 Å². The minimum Gasteiger partial charge on any atom is -0.342 e. The molecule has 0 radical (unpaired) electrons. The SMILES string of the molecule is CCC1c2nncn2-c2cnc(-c3cccc4cccnc34)nc2N1C1CCCC1. The molecule has 7 heteroatoms. The van der Waals surface area contributed by atoms with Gasteiger partial charge in [0.15, 0.2) is 17.5 Å². The van der Waals surface area contributed by atoms with E-state index in [9.17, 15) is 0 Å². The van der Waals surface area contributed by atoms with Gasteiger partial charge in [-0.1, -0.05) is 38.0 Å². The molecule has 6 rings (SSSR count). The molecule has 1 aliphatic carbocycles. The number of anilines is 1. The van der Waals surface area contributed by atoms with E-state index in [2.05, 4.69) is 49.8 Å². The third-order valence-electron chi connectivity index (χ3n) is 6.44. The average Bonchev–Trinajstić information content (AvgIpc) is 3.49. The number of para-hydroxylation sites is 1. The van der Waals surface area contributed by atoms with Crippen molar-refractivity contribution in [2.75, 3.05) is 4.90 Å². The molecule has 0 N–H and O–H groups in total. The molecular weight excluding hydrogens is 374 g/mol. The van der Waals surface area contributed by atoms with Crippen molar-refractivity contribution >= 4 is 16.7 Å². The average molecular weight is 397 g/mol. The van der Waals surface area contributed by atoms with Crippen LogP contribution < -0.4 is 4.90 Å². The van der Waals surface area contributed by atoms with Gasteiger partial charge in [0.2, 0.25) is 0 Å². The maximum atomic E-state index is 5.13. The van der Waals surface area contributed by atoms with Crippen molar-refractivity contribution in [1.29, 1.82) is 0 Å². The molecular formula is C23H23N7. The summed E-state index contributed by atoms with van der Waals surface area (Å²) in [5, 5.41) is 9.75. The summed E-state index contributed by atoms with van der Waals surface area (Å²) in [5.74, 6) is 2.69. The Morgan fingerprint density at radius 1 is 1.07 bits per heavy atom.